The number of alkyl halides is 1. The molecule has 1 heterocycles. The van der Waals surface area contributed by atoms with Crippen molar-refractivity contribution in [2.75, 3.05) is 6.61 Å². The summed E-state index contributed by atoms with van der Waals surface area (Å²) in [6.07, 6.45) is 0. The van der Waals surface area contributed by atoms with E-state index < -0.39 is 0 Å². The number of hydrogen-bond acceptors (Lipinski definition) is 2. The molecule has 5 heteroatoms. The summed E-state index contributed by atoms with van der Waals surface area (Å²) in [7, 11) is 0. The zero-order valence-corrected chi connectivity index (χ0v) is 15.2. The summed E-state index contributed by atoms with van der Waals surface area (Å²) in [5.41, 5.74) is 1.20. The molecule has 0 saturated carbocycles. The van der Waals surface area contributed by atoms with Crippen LogP contribution in [0.15, 0.2) is 38.6 Å². The van der Waals surface area contributed by atoms with Crippen molar-refractivity contribution in [2.24, 2.45) is 0 Å². The first-order valence-electron chi connectivity index (χ1n) is 5.42. The summed E-state index contributed by atoms with van der Waals surface area (Å²) in [6.45, 7) is 2.66. The van der Waals surface area contributed by atoms with Crippen LogP contribution in [0.3, 0.4) is 0 Å². The molecule has 1 aromatic carbocycles. The van der Waals surface area contributed by atoms with Gasteiger partial charge in [0.15, 0.2) is 0 Å². The molecule has 0 saturated heterocycles. The van der Waals surface area contributed by atoms with Crippen LogP contribution in [0.4, 0.5) is 0 Å². The van der Waals surface area contributed by atoms with Crippen LogP contribution in [-0.4, -0.2) is 6.61 Å². The average molecular weight is 455 g/mol. The van der Waals surface area contributed by atoms with Gasteiger partial charge in [-0.05, 0) is 67.9 Å². The molecule has 96 valence electrons. The molecule has 0 amide bonds. The normalized spacial score (nSPS) is 12.4. The number of ether oxygens (including phenoxy) is 1. The van der Waals surface area contributed by atoms with E-state index >= 15 is 0 Å². The van der Waals surface area contributed by atoms with Gasteiger partial charge in [0.1, 0.15) is 5.75 Å². The molecule has 0 spiro atoms. The van der Waals surface area contributed by atoms with Gasteiger partial charge in [-0.15, -0.1) is 11.3 Å². The van der Waals surface area contributed by atoms with E-state index in [-0.39, 0.29) is 4.83 Å². The smallest absolute Gasteiger partial charge is 0.133 e. The Morgan fingerprint density at radius 3 is 2.56 bits per heavy atom. The highest BCUT2D eigenvalue weighted by molar-refractivity contribution is 9.11. The molecule has 0 bridgehead atoms. The lowest BCUT2D eigenvalue weighted by Crippen LogP contribution is -1.95. The number of halogens is 3. The van der Waals surface area contributed by atoms with E-state index in [0.29, 0.717) is 6.61 Å². The van der Waals surface area contributed by atoms with E-state index in [1.165, 1.54) is 10.4 Å². The SMILES string of the molecule is CCOc1ccc(C(Br)c2sccc2Br)cc1Br. The Morgan fingerprint density at radius 1 is 1.22 bits per heavy atom. The molecular formula is C13H11Br3OS. The first-order valence-corrected chi connectivity index (χ1v) is 8.80. The predicted octanol–water partition coefficient (Wildman–Crippen LogP) is 6.16. The fourth-order valence-electron chi connectivity index (χ4n) is 1.58. The van der Waals surface area contributed by atoms with E-state index in [4.69, 9.17) is 4.74 Å². The van der Waals surface area contributed by atoms with Crippen LogP contribution in [0.1, 0.15) is 22.2 Å². The Labute approximate surface area is 136 Å². The van der Waals surface area contributed by atoms with Crippen molar-refractivity contribution in [1.82, 2.24) is 0 Å². The van der Waals surface area contributed by atoms with Crippen molar-refractivity contribution in [3.05, 3.63) is 49.0 Å². The van der Waals surface area contributed by atoms with Crippen LogP contribution in [0.5, 0.6) is 5.75 Å². The van der Waals surface area contributed by atoms with Gasteiger partial charge in [-0.1, -0.05) is 22.0 Å². The molecule has 0 aliphatic carbocycles. The molecule has 0 radical (unpaired) electrons. The lowest BCUT2D eigenvalue weighted by atomic mass is 10.1. The Hall–Kier alpha value is 0.160. The van der Waals surface area contributed by atoms with Gasteiger partial charge in [-0.3, -0.25) is 0 Å². The fourth-order valence-corrected chi connectivity index (χ4v) is 4.86. The summed E-state index contributed by atoms with van der Waals surface area (Å²) < 4.78 is 7.64. The minimum atomic E-state index is 0.193. The zero-order chi connectivity index (χ0) is 13.1. The minimum absolute atomic E-state index is 0.193. The van der Waals surface area contributed by atoms with Crippen molar-refractivity contribution in [2.45, 2.75) is 11.8 Å². The summed E-state index contributed by atoms with van der Waals surface area (Å²) in [6, 6.07) is 8.24. The number of thiophene rings is 1. The van der Waals surface area contributed by atoms with Gasteiger partial charge >= 0.3 is 0 Å². The Kier molecular flexibility index (Phi) is 5.30. The summed E-state index contributed by atoms with van der Waals surface area (Å²) in [5, 5.41) is 2.08. The Bertz CT molecular complexity index is 539. The largest absolute Gasteiger partial charge is 0.493 e. The molecule has 0 aliphatic heterocycles. The topological polar surface area (TPSA) is 9.23 Å². The van der Waals surface area contributed by atoms with Crippen LogP contribution in [-0.2, 0) is 0 Å². The lowest BCUT2D eigenvalue weighted by Gasteiger charge is -2.12. The summed E-state index contributed by atoms with van der Waals surface area (Å²) in [4.78, 5) is 1.46. The molecule has 2 rings (SSSR count). The van der Waals surface area contributed by atoms with Gasteiger partial charge in [0.25, 0.3) is 0 Å². The second-order valence-electron chi connectivity index (χ2n) is 3.62. The van der Waals surface area contributed by atoms with Crippen molar-refractivity contribution >= 4 is 59.1 Å². The summed E-state index contributed by atoms with van der Waals surface area (Å²) >= 11 is 12.6. The Balaban J connectivity index is 2.29. The van der Waals surface area contributed by atoms with Gasteiger partial charge in [0.2, 0.25) is 0 Å². The third-order valence-electron chi connectivity index (χ3n) is 2.42. The quantitative estimate of drug-likeness (QED) is 0.503. The maximum atomic E-state index is 5.52. The molecule has 1 aromatic heterocycles. The molecule has 0 N–H and O–H groups in total. The van der Waals surface area contributed by atoms with Crippen molar-refractivity contribution in [1.29, 1.82) is 0 Å². The van der Waals surface area contributed by atoms with Crippen LogP contribution < -0.4 is 4.74 Å². The van der Waals surface area contributed by atoms with Crippen LogP contribution in [0.2, 0.25) is 0 Å². The van der Waals surface area contributed by atoms with E-state index in [1.54, 1.807) is 11.3 Å². The molecule has 0 fully saturated rings. The standard InChI is InChI=1S/C13H11Br3OS/c1-2-17-11-4-3-8(7-10(11)15)12(16)13-9(14)5-6-18-13/h3-7,12H,2H2,1H3. The van der Waals surface area contributed by atoms with Gasteiger partial charge in [-0.2, -0.15) is 0 Å². The third-order valence-corrected chi connectivity index (χ3v) is 6.27. The molecule has 1 unspecified atom stereocenters. The van der Waals surface area contributed by atoms with Crippen molar-refractivity contribution < 1.29 is 4.74 Å². The van der Waals surface area contributed by atoms with Gasteiger partial charge in [0, 0.05) is 9.35 Å². The number of rotatable bonds is 4. The van der Waals surface area contributed by atoms with Gasteiger partial charge in [-0.25, -0.2) is 0 Å². The monoisotopic (exact) mass is 452 g/mol. The highest BCUT2D eigenvalue weighted by atomic mass is 79.9. The second kappa shape index (κ2) is 6.55. The maximum Gasteiger partial charge on any atom is 0.133 e. The fraction of sp³-hybridized carbons (Fsp3) is 0.231. The van der Waals surface area contributed by atoms with Gasteiger partial charge < -0.3 is 4.74 Å². The molecule has 1 nitrogen and oxygen atoms in total. The van der Waals surface area contributed by atoms with Crippen LogP contribution in [0.25, 0.3) is 0 Å². The summed E-state index contributed by atoms with van der Waals surface area (Å²) in [5.74, 6) is 0.881. The van der Waals surface area contributed by atoms with E-state index in [2.05, 4.69) is 71.4 Å². The Morgan fingerprint density at radius 2 is 2.00 bits per heavy atom. The van der Waals surface area contributed by atoms with E-state index in [0.717, 1.165) is 14.7 Å². The minimum Gasteiger partial charge on any atom is -0.493 e. The van der Waals surface area contributed by atoms with Crippen molar-refractivity contribution in [3.8, 4) is 5.75 Å². The van der Waals surface area contributed by atoms with Crippen molar-refractivity contribution in [3.63, 3.8) is 0 Å². The van der Waals surface area contributed by atoms with Crippen LogP contribution >= 0.6 is 59.1 Å². The van der Waals surface area contributed by atoms with Gasteiger partial charge in [0.05, 0.1) is 15.9 Å². The van der Waals surface area contributed by atoms with Crippen LogP contribution in [0, 0.1) is 0 Å². The molecule has 18 heavy (non-hydrogen) atoms. The lowest BCUT2D eigenvalue weighted by molar-refractivity contribution is 0.338. The maximum absolute atomic E-state index is 5.52. The zero-order valence-electron chi connectivity index (χ0n) is 9.62. The highest BCUT2D eigenvalue weighted by Gasteiger charge is 2.16. The number of hydrogen-bond donors (Lipinski definition) is 0. The third kappa shape index (κ3) is 3.18. The van der Waals surface area contributed by atoms with E-state index in [1.807, 2.05) is 13.0 Å². The molecule has 0 aliphatic rings. The average Bonchev–Trinajstić information content (AvgIpc) is 2.77. The van der Waals surface area contributed by atoms with E-state index in [9.17, 15) is 0 Å². The first-order chi connectivity index (χ1) is 8.63. The molecule has 2 aromatic rings. The second-order valence-corrected chi connectivity index (χ2v) is 7.19. The first kappa shape index (κ1) is 14.6. The molecule has 1 atom stereocenters. The number of benzene rings is 1. The highest BCUT2D eigenvalue weighted by Crippen LogP contribution is 2.40. The molecular weight excluding hydrogens is 444 g/mol. The predicted molar refractivity (Wildman–Crippen MR) is 88.1 cm³/mol.